The summed E-state index contributed by atoms with van der Waals surface area (Å²) in [6, 6.07) is 0. The van der Waals surface area contributed by atoms with Crippen molar-refractivity contribution < 1.29 is 23.8 Å². The van der Waals surface area contributed by atoms with Crippen LogP contribution < -0.4 is 16.0 Å². The normalized spacial score (nSPS) is 10.7. The first-order chi connectivity index (χ1) is 12.7. The molecule has 2 amide bonds. The average Bonchev–Trinajstić information content (AvgIpc) is 2.62. The van der Waals surface area contributed by atoms with Gasteiger partial charge in [-0.05, 0) is 39.8 Å². The van der Waals surface area contributed by atoms with E-state index in [1.54, 1.807) is 0 Å². The van der Waals surface area contributed by atoms with E-state index in [0.717, 1.165) is 26.0 Å². The SMILES string of the molecule is CCNC(=O)CCCC(=O)NCCCOCCOCCOCCCNC. The smallest absolute Gasteiger partial charge is 0.220 e. The van der Waals surface area contributed by atoms with E-state index < -0.39 is 0 Å². The zero-order valence-corrected chi connectivity index (χ0v) is 16.4. The fraction of sp³-hybridized carbons (Fsp3) is 0.889. The molecule has 0 radical (unpaired) electrons. The molecular formula is C18H37N3O5. The molecule has 0 fully saturated rings. The second-order valence-corrected chi connectivity index (χ2v) is 5.80. The highest BCUT2D eigenvalue weighted by Gasteiger charge is 2.03. The van der Waals surface area contributed by atoms with Crippen LogP contribution in [0.25, 0.3) is 0 Å². The number of nitrogens with one attached hydrogen (secondary N) is 3. The summed E-state index contributed by atoms with van der Waals surface area (Å²) >= 11 is 0. The first-order valence-corrected chi connectivity index (χ1v) is 9.62. The number of amides is 2. The Kier molecular flexibility index (Phi) is 19.2. The molecule has 0 aromatic rings. The van der Waals surface area contributed by atoms with Gasteiger partial charge in [-0.1, -0.05) is 0 Å². The molecule has 0 saturated carbocycles. The van der Waals surface area contributed by atoms with Gasteiger partial charge in [-0.2, -0.15) is 0 Å². The minimum Gasteiger partial charge on any atom is -0.379 e. The van der Waals surface area contributed by atoms with Crippen molar-refractivity contribution >= 4 is 11.8 Å². The number of hydrogen-bond acceptors (Lipinski definition) is 6. The first kappa shape index (κ1) is 24.8. The van der Waals surface area contributed by atoms with Crippen molar-refractivity contribution in [2.45, 2.75) is 39.0 Å². The summed E-state index contributed by atoms with van der Waals surface area (Å²) in [4.78, 5) is 22.8. The van der Waals surface area contributed by atoms with Crippen LogP contribution in [0.1, 0.15) is 39.0 Å². The van der Waals surface area contributed by atoms with Crippen molar-refractivity contribution in [1.29, 1.82) is 0 Å². The van der Waals surface area contributed by atoms with Crippen LogP contribution in [0.15, 0.2) is 0 Å². The van der Waals surface area contributed by atoms with Crippen LogP contribution in [-0.2, 0) is 23.8 Å². The molecule has 0 aliphatic rings. The second kappa shape index (κ2) is 20.1. The molecule has 0 aromatic heterocycles. The summed E-state index contributed by atoms with van der Waals surface area (Å²) in [6.45, 7) is 7.66. The third kappa shape index (κ3) is 19.1. The molecule has 0 aromatic carbocycles. The van der Waals surface area contributed by atoms with Crippen LogP contribution in [0.5, 0.6) is 0 Å². The lowest BCUT2D eigenvalue weighted by molar-refractivity contribution is -0.122. The van der Waals surface area contributed by atoms with Crippen molar-refractivity contribution in [2.75, 3.05) is 66.3 Å². The molecule has 3 N–H and O–H groups in total. The molecule has 26 heavy (non-hydrogen) atoms. The summed E-state index contributed by atoms with van der Waals surface area (Å²) in [5, 5.41) is 8.60. The van der Waals surface area contributed by atoms with E-state index in [4.69, 9.17) is 14.2 Å². The van der Waals surface area contributed by atoms with Gasteiger partial charge in [0, 0.05) is 39.1 Å². The fourth-order valence-corrected chi connectivity index (χ4v) is 2.08. The topological polar surface area (TPSA) is 97.9 Å². The van der Waals surface area contributed by atoms with E-state index in [0.29, 0.717) is 65.4 Å². The Labute approximate surface area is 157 Å². The molecule has 0 atom stereocenters. The van der Waals surface area contributed by atoms with Crippen molar-refractivity contribution in [2.24, 2.45) is 0 Å². The van der Waals surface area contributed by atoms with Gasteiger partial charge < -0.3 is 30.2 Å². The van der Waals surface area contributed by atoms with Crippen LogP contribution >= 0.6 is 0 Å². The lowest BCUT2D eigenvalue weighted by Crippen LogP contribution is -2.26. The quantitative estimate of drug-likeness (QED) is 0.284. The van der Waals surface area contributed by atoms with E-state index >= 15 is 0 Å². The zero-order chi connectivity index (χ0) is 19.3. The Morgan fingerprint density at radius 2 is 1.19 bits per heavy atom. The minimum absolute atomic E-state index is 0.00345. The lowest BCUT2D eigenvalue weighted by atomic mass is 10.2. The molecule has 8 nitrogen and oxygen atoms in total. The largest absolute Gasteiger partial charge is 0.379 e. The van der Waals surface area contributed by atoms with Crippen LogP contribution in [0, 0.1) is 0 Å². The van der Waals surface area contributed by atoms with E-state index in [2.05, 4.69) is 16.0 Å². The molecule has 0 heterocycles. The summed E-state index contributed by atoms with van der Waals surface area (Å²) < 4.78 is 16.2. The van der Waals surface area contributed by atoms with Crippen molar-refractivity contribution in [3.63, 3.8) is 0 Å². The van der Waals surface area contributed by atoms with Gasteiger partial charge in [-0.25, -0.2) is 0 Å². The number of carbonyl (C=O) groups is 2. The summed E-state index contributed by atoms with van der Waals surface area (Å²) in [6.07, 6.45) is 3.11. The van der Waals surface area contributed by atoms with Crippen LogP contribution in [0.2, 0.25) is 0 Å². The summed E-state index contributed by atoms with van der Waals surface area (Å²) in [5.41, 5.74) is 0. The van der Waals surface area contributed by atoms with E-state index in [1.807, 2.05) is 14.0 Å². The van der Waals surface area contributed by atoms with Crippen molar-refractivity contribution in [1.82, 2.24) is 16.0 Å². The zero-order valence-electron chi connectivity index (χ0n) is 16.4. The minimum atomic E-state index is -0.0210. The highest BCUT2D eigenvalue weighted by Crippen LogP contribution is 1.95. The first-order valence-electron chi connectivity index (χ1n) is 9.62. The molecule has 0 unspecified atom stereocenters. The molecule has 154 valence electrons. The number of carbonyl (C=O) groups excluding carboxylic acids is 2. The van der Waals surface area contributed by atoms with E-state index in [9.17, 15) is 9.59 Å². The highest BCUT2D eigenvalue weighted by atomic mass is 16.5. The molecule has 8 heteroatoms. The maximum absolute atomic E-state index is 11.6. The standard InChI is InChI=1S/C18H37N3O5/c1-3-20-17(22)7-4-8-18(23)21-10-6-12-25-14-16-26-15-13-24-11-5-9-19-2/h19H,3-16H2,1-2H3,(H,20,22)(H,21,23). The van der Waals surface area contributed by atoms with Gasteiger partial charge >= 0.3 is 0 Å². The second-order valence-electron chi connectivity index (χ2n) is 5.80. The fourth-order valence-electron chi connectivity index (χ4n) is 2.08. The van der Waals surface area contributed by atoms with Gasteiger partial charge in [0.2, 0.25) is 11.8 Å². The van der Waals surface area contributed by atoms with Crippen LogP contribution in [-0.4, -0.2) is 78.1 Å². The van der Waals surface area contributed by atoms with E-state index in [1.165, 1.54) is 0 Å². The average molecular weight is 376 g/mol. The Balaban J connectivity index is 3.18. The van der Waals surface area contributed by atoms with E-state index in [-0.39, 0.29) is 11.8 Å². The summed E-state index contributed by atoms with van der Waals surface area (Å²) in [7, 11) is 1.92. The Bertz CT molecular complexity index is 343. The molecular weight excluding hydrogens is 338 g/mol. The highest BCUT2D eigenvalue weighted by molar-refractivity contribution is 5.78. The lowest BCUT2D eigenvalue weighted by Gasteiger charge is -2.08. The maximum Gasteiger partial charge on any atom is 0.220 e. The molecule has 0 bridgehead atoms. The van der Waals surface area contributed by atoms with Gasteiger partial charge in [-0.3, -0.25) is 9.59 Å². The van der Waals surface area contributed by atoms with Crippen LogP contribution in [0.3, 0.4) is 0 Å². The van der Waals surface area contributed by atoms with Gasteiger partial charge in [0.25, 0.3) is 0 Å². The maximum atomic E-state index is 11.6. The Hall–Kier alpha value is -1.22. The third-order valence-corrected chi connectivity index (χ3v) is 3.43. The molecule has 0 spiro atoms. The molecule has 0 rings (SSSR count). The monoisotopic (exact) mass is 375 g/mol. The molecule has 0 aliphatic heterocycles. The molecule has 0 saturated heterocycles. The third-order valence-electron chi connectivity index (χ3n) is 3.43. The van der Waals surface area contributed by atoms with Crippen molar-refractivity contribution in [3.05, 3.63) is 0 Å². The summed E-state index contributed by atoms with van der Waals surface area (Å²) in [5.74, 6) is -0.0244. The van der Waals surface area contributed by atoms with Crippen LogP contribution in [0.4, 0.5) is 0 Å². The number of ether oxygens (including phenoxy) is 3. The number of hydrogen-bond donors (Lipinski definition) is 3. The Morgan fingerprint density at radius 3 is 1.73 bits per heavy atom. The van der Waals surface area contributed by atoms with Crippen molar-refractivity contribution in [3.8, 4) is 0 Å². The van der Waals surface area contributed by atoms with Gasteiger partial charge in [-0.15, -0.1) is 0 Å². The molecule has 0 aliphatic carbocycles. The predicted octanol–water partition coefficient (Wildman–Crippen LogP) is 0.458. The number of rotatable bonds is 19. The van der Waals surface area contributed by atoms with Gasteiger partial charge in [0.1, 0.15) is 0 Å². The Morgan fingerprint density at radius 1 is 0.692 bits per heavy atom. The van der Waals surface area contributed by atoms with Gasteiger partial charge in [0.15, 0.2) is 0 Å². The van der Waals surface area contributed by atoms with Gasteiger partial charge in [0.05, 0.1) is 26.4 Å². The predicted molar refractivity (Wildman–Crippen MR) is 101 cm³/mol.